The summed E-state index contributed by atoms with van der Waals surface area (Å²) < 4.78 is 5.40. The van der Waals surface area contributed by atoms with Crippen LogP contribution in [-0.4, -0.2) is 16.6 Å². The molecule has 100 valence electrons. The second-order valence-corrected chi connectivity index (χ2v) is 4.13. The van der Waals surface area contributed by atoms with Gasteiger partial charge in [-0.2, -0.15) is 4.98 Å². The van der Waals surface area contributed by atoms with E-state index in [0.29, 0.717) is 25.0 Å². The monoisotopic (exact) mass is 258 g/mol. The lowest BCUT2D eigenvalue weighted by Gasteiger charge is -2.09. The van der Waals surface area contributed by atoms with Crippen molar-refractivity contribution in [2.24, 2.45) is 5.73 Å². The molecule has 19 heavy (non-hydrogen) atoms. The van der Waals surface area contributed by atoms with E-state index in [1.54, 1.807) is 0 Å². The van der Waals surface area contributed by atoms with Gasteiger partial charge in [-0.3, -0.25) is 0 Å². The molecule has 0 atom stereocenters. The molecule has 1 aromatic heterocycles. The third kappa shape index (κ3) is 3.66. The molecule has 0 aliphatic heterocycles. The van der Waals surface area contributed by atoms with Gasteiger partial charge in [-0.15, -0.1) is 0 Å². The Labute approximate surface area is 112 Å². The number of nitrogens with one attached hydrogen (secondary N) is 1. The molecule has 2 rings (SSSR count). The van der Waals surface area contributed by atoms with Crippen molar-refractivity contribution >= 4 is 11.6 Å². The van der Waals surface area contributed by atoms with Gasteiger partial charge in [0.15, 0.2) is 0 Å². The van der Waals surface area contributed by atoms with Crippen LogP contribution in [0.4, 0.5) is 11.6 Å². The molecule has 5 nitrogen and oxygen atoms in total. The maximum Gasteiger partial charge on any atom is 0.230 e. The molecule has 1 aromatic carbocycles. The summed E-state index contributed by atoms with van der Waals surface area (Å²) in [5.41, 5.74) is 8.45. The summed E-state index contributed by atoms with van der Waals surface area (Å²) in [4.78, 5) is 8.63. The molecular formula is C14H18N4O. The smallest absolute Gasteiger partial charge is 0.230 e. The topological polar surface area (TPSA) is 73.1 Å². The van der Waals surface area contributed by atoms with Crippen LogP contribution in [0.25, 0.3) is 0 Å². The van der Waals surface area contributed by atoms with E-state index in [1.165, 1.54) is 0 Å². The van der Waals surface area contributed by atoms with Gasteiger partial charge in [-0.05, 0) is 31.5 Å². The van der Waals surface area contributed by atoms with E-state index in [1.807, 2.05) is 44.2 Å². The summed E-state index contributed by atoms with van der Waals surface area (Å²) >= 11 is 0. The molecule has 0 bridgehead atoms. The van der Waals surface area contributed by atoms with Crippen molar-refractivity contribution < 1.29 is 4.74 Å². The summed E-state index contributed by atoms with van der Waals surface area (Å²) in [7, 11) is 0. The molecule has 5 heteroatoms. The fourth-order valence-corrected chi connectivity index (χ4v) is 1.72. The Morgan fingerprint density at radius 3 is 2.84 bits per heavy atom. The molecule has 0 aliphatic rings. The Balaban J connectivity index is 2.22. The maximum atomic E-state index is 5.62. The quantitative estimate of drug-likeness (QED) is 0.861. The fourth-order valence-electron chi connectivity index (χ4n) is 1.72. The van der Waals surface area contributed by atoms with Gasteiger partial charge in [-0.25, -0.2) is 4.98 Å². The van der Waals surface area contributed by atoms with Crippen LogP contribution in [0.5, 0.6) is 5.88 Å². The van der Waals surface area contributed by atoms with Gasteiger partial charge in [0.1, 0.15) is 0 Å². The number of rotatable bonds is 5. The van der Waals surface area contributed by atoms with Crippen molar-refractivity contribution in [3.63, 3.8) is 0 Å². The SMILES string of the molecule is CCOc1cc(C)nc(Nc2cccc(CN)c2)n1. The van der Waals surface area contributed by atoms with Crippen molar-refractivity contribution in [3.8, 4) is 5.88 Å². The molecule has 0 aliphatic carbocycles. The molecule has 0 unspecified atom stereocenters. The van der Waals surface area contributed by atoms with Crippen molar-refractivity contribution in [1.82, 2.24) is 9.97 Å². The van der Waals surface area contributed by atoms with E-state index < -0.39 is 0 Å². The van der Waals surface area contributed by atoms with Crippen molar-refractivity contribution in [2.75, 3.05) is 11.9 Å². The number of hydrogen-bond acceptors (Lipinski definition) is 5. The average molecular weight is 258 g/mol. The van der Waals surface area contributed by atoms with Crippen LogP contribution in [-0.2, 0) is 6.54 Å². The van der Waals surface area contributed by atoms with Crippen LogP contribution >= 0.6 is 0 Å². The van der Waals surface area contributed by atoms with Gasteiger partial charge in [0, 0.05) is 24.0 Å². The van der Waals surface area contributed by atoms with Gasteiger partial charge in [0.25, 0.3) is 0 Å². The minimum absolute atomic E-state index is 0.508. The van der Waals surface area contributed by atoms with E-state index in [-0.39, 0.29) is 0 Å². The lowest BCUT2D eigenvalue weighted by Crippen LogP contribution is -2.03. The average Bonchev–Trinajstić information content (AvgIpc) is 2.38. The van der Waals surface area contributed by atoms with Gasteiger partial charge >= 0.3 is 0 Å². The molecule has 2 aromatic rings. The predicted molar refractivity (Wildman–Crippen MR) is 75.6 cm³/mol. The zero-order valence-electron chi connectivity index (χ0n) is 11.2. The minimum atomic E-state index is 0.508. The lowest BCUT2D eigenvalue weighted by atomic mass is 10.2. The first-order valence-corrected chi connectivity index (χ1v) is 6.25. The Bertz CT molecular complexity index is 557. The standard InChI is InChI=1S/C14H18N4O/c1-3-19-13-7-10(2)16-14(18-13)17-12-6-4-5-11(8-12)9-15/h4-8H,3,9,15H2,1-2H3,(H,16,17,18). The van der Waals surface area contributed by atoms with E-state index in [0.717, 1.165) is 16.9 Å². The van der Waals surface area contributed by atoms with E-state index in [9.17, 15) is 0 Å². The normalized spacial score (nSPS) is 10.3. The Morgan fingerprint density at radius 2 is 2.11 bits per heavy atom. The minimum Gasteiger partial charge on any atom is -0.478 e. The number of anilines is 2. The van der Waals surface area contributed by atoms with Gasteiger partial charge in [-0.1, -0.05) is 12.1 Å². The first-order chi connectivity index (χ1) is 9.21. The molecule has 0 spiro atoms. The van der Waals surface area contributed by atoms with E-state index in [2.05, 4.69) is 15.3 Å². The summed E-state index contributed by atoms with van der Waals surface area (Å²) in [6.45, 7) is 4.92. The van der Waals surface area contributed by atoms with Crippen molar-refractivity contribution in [1.29, 1.82) is 0 Å². The van der Waals surface area contributed by atoms with Crippen LogP contribution in [0.1, 0.15) is 18.2 Å². The van der Waals surface area contributed by atoms with Crippen LogP contribution in [0.3, 0.4) is 0 Å². The number of aryl methyl sites for hydroxylation is 1. The summed E-state index contributed by atoms with van der Waals surface area (Å²) in [5.74, 6) is 1.10. The molecule has 0 radical (unpaired) electrons. The van der Waals surface area contributed by atoms with Crippen LogP contribution < -0.4 is 15.8 Å². The number of nitrogens with two attached hydrogens (primary N) is 1. The third-order valence-corrected chi connectivity index (χ3v) is 2.54. The highest BCUT2D eigenvalue weighted by atomic mass is 16.5. The van der Waals surface area contributed by atoms with Gasteiger partial charge in [0.05, 0.1) is 6.61 Å². The Hall–Kier alpha value is -2.14. The lowest BCUT2D eigenvalue weighted by molar-refractivity contribution is 0.326. The van der Waals surface area contributed by atoms with E-state index in [4.69, 9.17) is 10.5 Å². The molecule has 0 saturated heterocycles. The second-order valence-electron chi connectivity index (χ2n) is 4.13. The van der Waals surface area contributed by atoms with Gasteiger partial charge in [0.2, 0.25) is 11.8 Å². The zero-order chi connectivity index (χ0) is 13.7. The highest BCUT2D eigenvalue weighted by molar-refractivity contribution is 5.54. The summed E-state index contributed by atoms with van der Waals surface area (Å²) in [6.07, 6.45) is 0. The first-order valence-electron chi connectivity index (χ1n) is 6.25. The first kappa shape index (κ1) is 13.3. The van der Waals surface area contributed by atoms with Crippen LogP contribution in [0.2, 0.25) is 0 Å². The second kappa shape index (κ2) is 6.15. The zero-order valence-corrected chi connectivity index (χ0v) is 11.2. The highest BCUT2D eigenvalue weighted by Crippen LogP contribution is 2.17. The van der Waals surface area contributed by atoms with Crippen LogP contribution in [0.15, 0.2) is 30.3 Å². The number of aromatic nitrogens is 2. The third-order valence-electron chi connectivity index (χ3n) is 2.54. The Kier molecular flexibility index (Phi) is 4.30. The highest BCUT2D eigenvalue weighted by Gasteiger charge is 2.03. The molecule has 0 amide bonds. The van der Waals surface area contributed by atoms with Gasteiger partial charge < -0.3 is 15.8 Å². The molecule has 0 fully saturated rings. The molecular weight excluding hydrogens is 240 g/mol. The number of benzene rings is 1. The number of ether oxygens (including phenoxy) is 1. The van der Waals surface area contributed by atoms with Crippen molar-refractivity contribution in [3.05, 3.63) is 41.6 Å². The Morgan fingerprint density at radius 1 is 1.26 bits per heavy atom. The molecule has 3 N–H and O–H groups in total. The molecule has 0 saturated carbocycles. The predicted octanol–water partition coefficient (Wildman–Crippen LogP) is 2.39. The summed E-state index contributed by atoms with van der Waals surface area (Å²) in [5, 5.41) is 3.16. The maximum absolute atomic E-state index is 5.62. The van der Waals surface area contributed by atoms with E-state index >= 15 is 0 Å². The van der Waals surface area contributed by atoms with Crippen LogP contribution in [0, 0.1) is 6.92 Å². The largest absolute Gasteiger partial charge is 0.478 e. The fraction of sp³-hybridized carbons (Fsp3) is 0.286. The van der Waals surface area contributed by atoms with Crippen molar-refractivity contribution in [2.45, 2.75) is 20.4 Å². The summed E-state index contributed by atoms with van der Waals surface area (Å²) in [6, 6.07) is 9.67. The number of hydrogen-bond donors (Lipinski definition) is 2. The molecule has 1 heterocycles. The number of nitrogens with zero attached hydrogens (tertiary/aromatic N) is 2.